The number of carbonyl (C=O) groups is 2. The molecule has 1 fully saturated rings. The molecular weight excluding hydrogens is 416 g/mol. The lowest BCUT2D eigenvalue weighted by Crippen LogP contribution is -2.38. The van der Waals surface area contributed by atoms with E-state index in [-0.39, 0.29) is 17.7 Å². The first-order valence-electron chi connectivity index (χ1n) is 9.33. The quantitative estimate of drug-likeness (QED) is 0.764. The molecule has 10 heteroatoms. The van der Waals surface area contributed by atoms with Crippen molar-refractivity contribution in [2.45, 2.75) is 24.7 Å². The van der Waals surface area contributed by atoms with Crippen molar-refractivity contribution >= 4 is 52.6 Å². The third kappa shape index (κ3) is 4.45. The first kappa shape index (κ1) is 19.9. The molecule has 3 heterocycles. The molecule has 8 nitrogen and oxygen atoms in total. The zero-order valence-corrected chi connectivity index (χ0v) is 17.4. The zero-order chi connectivity index (χ0) is 20.4. The van der Waals surface area contributed by atoms with Gasteiger partial charge in [0.2, 0.25) is 5.91 Å². The molecule has 0 bridgehead atoms. The zero-order valence-electron chi connectivity index (χ0n) is 15.8. The predicted molar refractivity (Wildman–Crippen MR) is 113 cm³/mol. The van der Waals surface area contributed by atoms with E-state index in [0.717, 1.165) is 23.8 Å². The van der Waals surface area contributed by atoms with Gasteiger partial charge in [-0.05, 0) is 37.6 Å². The van der Waals surface area contributed by atoms with Gasteiger partial charge in [-0.3, -0.25) is 9.69 Å². The average Bonchev–Trinajstić information content (AvgIpc) is 3.32. The number of rotatable bonds is 5. The molecule has 1 N–H and O–H groups in total. The molecule has 0 saturated carbocycles. The second kappa shape index (κ2) is 8.54. The Bertz CT molecular complexity index is 860. The summed E-state index contributed by atoms with van der Waals surface area (Å²) in [7, 11) is 0. The normalized spacial score (nSPS) is 24.0. The molecule has 1 saturated heterocycles. The number of thioether (sulfide) groups is 1. The SMILES string of the molecule is CC1=NOCCN1c1ccc(N2C[C@H](CNC(=O)C3CC=C(Cl)S3)OC2=O)cc1. The lowest BCUT2D eigenvalue weighted by Gasteiger charge is -2.27. The van der Waals surface area contributed by atoms with Crippen LogP contribution in [0.3, 0.4) is 0 Å². The van der Waals surface area contributed by atoms with Gasteiger partial charge in [0.25, 0.3) is 0 Å². The lowest BCUT2D eigenvalue weighted by atomic mass is 10.2. The monoisotopic (exact) mass is 436 g/mol. The molecule has 1 unspecified atom stereocenters. The number of benzene rings is 1. The number of hydrogen-bond donors (Lipinski definition) is 1. The van der Waals surface area contributed by atoms with E-state index in [1.807, 2.05) is 37.3 Å². The standard InChI is InChI=1S/C19H21ClN4O4S/c1-12-22-27-9-8-23(12)13-2-4-14(5-3-13)24-11-15(28-19(24)26)10-21-18(25)16-6-7-17(20)29-16/h2-5,7,15-16H,6,8-11H2,1H3,(H,21,25)/t15-,16?/m0/s1. The number of amidine groups is 1. The first-order chi connectivity index (χ1) is 14.0. The smallest absolute Gasteiger partial charge is 0.414 e. The van der Waals surface area contributed by atoms with E-state index in [1.54, 1.807) is 4.90 Å². The average molecular weight is 437 g/mol. The maximum absolute atomic E-state index is 12.3. The molecule has 3 aliphatic rings. The molecule has 0 spiro atoms. The number of halogens is 1. The minimum absolute atomic E-state index is 0.0942. The van der Waals surface area contributed by atoms with Crippen molar-refractivity contribution in [3.63, 3.8) is 0 Å². The molecular formula is C19H21ClN4O4S. The van der Waals surface area contributed by atoms with Crippen LogP contribution in [0.1, 0.15) is 13.3 Å². The van der Waals surface area contributed by atoms with Crippen LogP contribution < -0.4 is 15.1 Å². The third-order valence-electron chi connectivity index (χ3n) is 4.88. The molecule has 1 aromatic rings. The number of ether oxygens (including phenoxy) is 1. The number of oxime groups is 1. The largest absolute Gasteiger partial charge is 0.442 e. The fraction of sp³-hybridized carbons (Fsp3) is 0.421. The van der Waals surface area contributed by atoms with E-state index >= 15 is 0 Å². The Kier molecular flexibility index (Phi) is 5.86. The summed E-state index contributed by atoms with van der Waals surface area (Å²) >= 11 is 7.25. The van der Waals surface area contributed by atoms with Gasteiger partial charge in [-0.1, -0.05) is 22.8 Å². The molecule has 29 heavy (non-hydrogen) atoms. The molecule has 2 atom stereocenters. The van der Waals surface area contributed by atoms with Crippen LogP contribution in [0.15, 0.2) is 39.9 Å². The molecule has 2 amide bonds. The Labute approximate surface area is 177 Å². The van der Waals surface area contributed by atoms with Crippen LogP contribution in [-0.4, -0.2) is 55.4 Å². The molecule has 154 valence electrons. The summed E-state index contributed by atoms with van der Waals surface area (Å²) in [6.07, 6.45) is 1.64. The van der Waals surface area contributed by atoms with Crippen LogP contribution >= 0.6 is 23.4 Å². The number of anilines is 2. The summed E-state index contributed by atoms with van der Waals surface area (Å²) in [4.78, 5) is 33.2. The molecule has 4 rings (SSSR count). The highest BCUT2D eigenvalue weighted by Crippen LogP contribution is 2.34. The second-order valence-corrected chi connectivity index (χ2v) is 8.73. The minimum Gasteiger partial charge on any atom is -0.442 e. The van der Waals surface area contributed by atoms with Gasteiger partial charge in [-0.2, -0.15) is 0 Å². The Morgan fingerprint density at radius 2 is 2.03 bits per heavy atom. The number of nitrogens with one attached hydrogen (secondary N) is 1. The molecule has 0 aromatic heterocycles. The third-order valence-corrected chi connectivity index (χ3v) is 6.39. The van der Waals surface area contributed by atoms with Gasteiger partial charge in [0.15, 0.2) is 0 Å². The summed E-state index contributed by atoms with van der Waals surface area (Å²) in [5.41, 5.74) is 1.73. The van der Waals surface area contributed by atoms with Crippen LogP contribution in [0, 0.1) is 0 Å². The van der Waals surface area contributed by atoms with Crippen LogP contribution in [0.2, 0.25) is 0 Å². The van der Waals surface area contributed by atoms with E-state index in [9.17, 15) is 9.59 Å². The Morgan fingerprint density at radius 3 is 2.69 bits per heavy atom. The second-order valence-electron chi connectivity index (χ2n) is 6.85. The van der Waals surface area contributed by atoms with E-state index in [0.29, 0.717) is 23.9 Å². The summed E-state index contributed by atoms with van der Waals surface area (Å²) < 4.78 is 6.05. The van der Waals surface area contributed by atoms with Crippen LogP contribution in [-0.2, 0) is 14.4 Å². The summed E-state index contributed by atoms with van der Waals surface area (Å²) in [6, 6.07) is 7.64. The minimum atomic E-state index is -0.416. The predicted octanol–water partition coefficient (Wildman–Crippen LogP) is 2.88. The van der Waals surface area contributed by atoms with Crippen LogP contribution in [0.5, 0.6) is 0 Å². The lowest BCUT2D eigenvalue weighted by molar-refractivity contribution is -0.120. The van der Waals surface area contributed by atoms with Crippen LogP contribution in [0.25, 0.3) is 0 Å². The summed E-state index contributed by atoms with van der Waals surface area (Å²) in [6.45, 7) is 3.80. The first-order valence-corrected chi connectivity index (χ1v) is 10.6. The highest BCUT2D eigenvalue weighted by molar-refractivity contribution is 8.06. The van der Waals surface area contributed by atoms with Gasteiger partial charge >= 0.3 is 6.09 Å². The molecule has 1 aromatic carbocycles. The van der Waals surface area contributed by atoms with E-state index in [2.05, 4.69) is 15.4 Å². The Morgan fingerprint density at radius 1 is 1.31 bits per heavy atom. The van der Waals surface area contributed by atoms with Gasteiger partial charge in [0, 0.05) is 11.4 Å². The number of carbonyl (C=O) groups excluding carboxylic acids is 2. The molecule has 0 radical (unpaired) electrons. The van der Waals surface area contributed by atoms with Crippen molar-refractivity contribution in [1.82, 2.24) is 5.32 Å². The van der Waals surface area contributed by atoms with Gasteiger partial charge in [-0.15, -0.1) is 11.8 Å². The molecule has 3 aliphatic heterocycles. The number of cyclic esters (lactones) is 1. The summed E-state index contributed by atoms with van der Waals surface area (Å²) in [5.74, 6) is 0.695. The van der Waals surface area contributed by atoms with E-state index in [1.165, 1.54) is 11.8 Å². The highest BCUT2D eigenvalue weighted by atomic mass is 35.5. The van der Waals surface area contributed by atoms with Gasteiger partial charge < -0.3 is 19.8 Å². The Balaban J connectivity index is 1.32. The topological polar surface area (TPSA) is 83.5 Å². The maximum Gasteiger partial charge on any atom is 0.414 e. The number of allylic oxidation sites excluding steroid dienone is 1. The maximum atomic E-state index is 12.3. The number of hydrogen-bond acceptors (Lipinski definition) is 7. The van der Waals surface area contributed by atoms with Crippen molar-refractivity contribution in [3.8, 4) is 0 Å². The van der Waals surface area contributed by atoms with E-state index < -0.39 is 12.2 Å². The number of nitrogens with zero attached hydrogens (tertiary/aromatic N) is 3. The van der Waals surface area contributed by atoms with Crippen molar-refractivity contribution < 1.29 is 19.2 Å². The van der Waals surface area contributed by atoms with Gasteiger partial charge in [0.1, 0.15) is 18.5 Å². The van der Waals surface area contributed by atoms with Crippen molar-refractivity contribution in [1.29, 1.82) is 0 Å². The van der Waals surface area contributed by atoms with Gasteiger partial charge in [-0.25, -0.2) is 4.79 Å². The fourth-order valence-corrected chi connectivity index (χ4v) is 4.63. The molecule has 0 aliphatic carbocycles. The van der Waals surface area contributed by atoms with Gasteiger partial charge in [0.05, 0.1) is 29.2 Å². The van der Waals surface area contributed by atoms with Crippen molar-refractivity contribution in [2.24, 2.45) is 5.16 Å². The van der Waals surface area contributed by atoms with Crippen molar-refractivity contribution in [3.05, 3.63) is 34.7 Å². The van der Waals surface area contributed by atoms with Crippen LogP contribution in [0.4, 0.5) is 16.2 Å². The number of amides is 2. The fourth-order valence-electron chi connectivity index (χ4n) is 3.37. The van der Waals surface area contributed by atoms with Crippen molar-refractivity contribution in [2.75, 3.05) is 36.0 Å². The summed E-state index contributed by atoms with van der Waals surface area (Å²) in [5, 5.41) is 6.63. The Hall–Kier alpha value is -2.39. The van der Waals surface area contributed by atoms with E-state index in [4.69, 9.17) is 21.2 Å². The highest BCUT2D eigenvalue weighted by Gasteiger charge is 2.33.